The maximum Gasteiger partial charge on any atom is 0.270 e. The van der Waals surface area contributed by atoms with E-state index in [9.17, 15) is 38.7 Å². The molecule has 2 atom stereocenters. The minimum atomic E-state index is -1.10. The van der Waals surface area contributed by atoms with Crippen molar-refractivity contribution >= 4 is 47.2 Å². The lowest BCUT2D eigenvalue weighted by molar-refractivity contribution is -0.136. The summed E-state index contributed by atoms with van der Waals surface area (Å²) in [5.74, 6) is -2.63. The molecule has 7 rings (SSSR count). The summed E-state index contributed by atoms with van der Waals surface area (Å²) >= 11 is 0. The molecule has 0 bridgehead atoms. The van der Waals surface area contributed by atoms with E-state index in [0.29, 0.717) is 44.8 Å². The lowest BCUT2D eigenvalue weighted by atomic mass is 10.00. The zero-order valence-corrected chi connectivity index (χ0v) is 34.6. The quantitative estimate of drug-likeness (QED) is 0.0905. The van der Waals surface area contributed by atoms with Gasteiger partial charge in [0, 0.05) is 70.8 Å². The van der Waals surface area contributed by atoms with Crippen LogP contribution in [-0.2, 0) is 32.1 Å². The van der Waals surface area contributed by atoms with E-state index in [1.54, 1.807) is 6.07 Å². The normalized spacial score (nSPS) is 18.4. The molecule has 3 aromatic rings. The molecule has 2 fully saturated rings. The first-order chi connectivity index (χ1) is 30.0. The molecule has 4 aliphatic heterocycles. The number of likely N-dealkylation sites (tertiary alicyclic amines) is 1. The number of amides is 7. The lowest BCUT2D eigenvalue weighted by Gasteiger charge is -2.32. The Morgan fingerprint density at radius 1 is 0.871 bits per heavy atom. The van der Waals surface area contributed by atoms with E-state index in [0.717, 1.165) is 56.5 Å². The highest BCUT2D eigenvalue weighted by molar-refractivity contribution is 6.24. The molecule has 18 heteroatoms. The number of fused-ring (bicyclic) bond motifs is 2. The van der Waals surface area contributed by atoms with Crippen LogP contribution in [0.15, 0.2) is 54.9 Å². The number of carbonyl (C=O) groups excluding carboxylic acids is 7. The number of hydrogen-bond donors (Lipinski definition) is 5. The first-order valence-electron chi connectivity index (χ1n) is 21.4. The van der Waals surface area contributed by atoms with E-state index in [1.165, 1.54) is 35.7 Å². The number of anilines is 1. The second-order valence-electron chi connectivity index (χ2n) is 16.1. The van der Waals surface area contributed by atoms with Crippen LogP contribution < -0.4 is 26.0 Å². The zero-order chi connectivity index (χ0) is 43.6. The number of carbonyl (C=O) groups is 7. The van der Waals surface area contributed by atoms with Crippen LogP contribution >= 0.6 is 0 Å². The second-order valence-corrected chi connectivity index (χ2v) is 16.1. The summed E-state index contributed by atoms with van der Waals surface area (Å²) in [6.07, 6.45) is 6.57. The number of aromatic nitrogens is 2. The van der Waals surface area contributed by atoms with Gasteiger partial charge in [-0.05, 0) is 61.8 Å². The number of imide groups is 2. The van der Waals surface area contributed by atoms with Gasteiger partial charge in [0.1, 0.15) is 29.6 Å². The Morgan fingerprint density at radius 2 is 1.66 bits per heavy atom. The van der Waals surface area contributed by atoms with Gasteiger partial charge in [-0.15, -0.1) is 0 Å². The average molecular weight is 852 g/mol. The maximum atomic E-state index is 13.2. The molecule has 62 heavy (non-hydrogen) atoms. The van der Waals surface area contributed by atoms with Crippen LogP contribution in [-0.4, -0.2) is 135 Å². The molecule has 5 heterocycles. The smallest absolute Gasteiger partial charge is 0.270 e. The fourth-order valence-electron chi connectivity index (χ4n) is 8.36. The Morgan fingerprint density at radius 3 is 2.47 bits per heavy atom. The highest BCUT2D eigenvalue weighted by atomic mass is 16.5. The molecule has 0 saturated carbocycles. The Hall–Kier alpha value is -6.27. The molecule has 2 saturated heterocycles. The molecule has 0 aliphatic carbocycles. The molecular formula is C44H53N9O9. The molecule has 7 amide bonds. The van der Waals surface area contributed by atoms with Crippen molar-refractivity contribution in [3.8, 4) is 5.75 Å². The van der Waals surface area contributed by atoms with Crippen molar-refractivity contribution in [2.45, 2.75) is 88.9 Å². The van der Waals surface area contributed by atoms with Crippen LogP contribution in [0.5, 0.6) is 5.75 Å². The summed E-state index contributed by atoms with van der Waals surface area (Å²) in [6.45, 7) is 3.45. The van der Waals surface area contributed by atoms with Gasteiger partial charge in [0.05, 0.1) is 17.2 Å². The highest BCUT2D eigenvalue weighted by Gasteiger charge is 2.46. The van der Waals surface area contributed by atoms with Crippen molar-refractivity contribution in [3.63, 3.8) is 0 Å². The third-order valence-corrected chi connectivity index (χ3v) is 11.7. The minimum absolute atomic E-state index is 0.00840. The van der Waals surface area contributed by atoms with Gasteiger partial charge in [-0.3, -0.25) is 48.7 Å². The van der Waals surface area contributed by atoms with Gasteiger partial charge in [-0.1, -0.05) is 43.2 Å². The van der Waals surface area contributed by atoms with Crippen molar-refractivity contribution in [1.29, 1.82) is 0 Å². The Bertz CT molecular complexity index is 2180. The molecule has 4 aliphatic rings. The summed E-state index contributed by atoms with van der Waals surface area (Å²) in [5.41, 5.74) is 2.87. The van der Waals surface area contributed by atoms with Crippen molar-refractivity contribution in [3.05, 3.63) is 82.8 Å². The number of aliphatic hydroxyl groups excluding tert-OH is 1. The number of nitrogens with one attached hydrogen (secondary N) is 4. The van der Waals surface area contributed by atoms with E-state index in [4.69, 9.17) is 4.74 Å². The number of β-amino-alcohol motifs (C(OH)–C–C–N with tert-alkyl or cyclic N) is 1. The molecule has 0 spiro atoms. The van der Waals surface area contributed by atoms with Crippen molar-refractivity contribution in [1.82, 2.24) is 40.6 Å². The third kappa shape index (κ3) is 11.0. The van der Waals surface area contributed by atoms with Crippen LogP contribution in [0.3, 0.4) is 0 Å². The van der Waals surface area contributed by atoms with E-state index in [1.807, 2.05) is 17.0 Å². The summed E-state index contributed by atoms with van der Waals surface area (Å²) in [5, 5.41) is 21.7. The second kappa shape index (κ2) is 20.5. The van der Waals surface area contributed by atoms with Crippen LogP contribution in [0.4, 0.5) is 5.82 Å². The number of ether oxygens (including phenoxy) is 1. The van der Waals surface area contributed by atoms with E-state index >= 15 is 0 Å². The highest BCUT2D eigenvalue weighted by Crippen LogP contribution is 2.33. The van der Waals surface area contributed by atoms with Crippen LogP contribution in [0.2, 0.25) is 0 Å². The van der Waals surface area contributed by atoms with E-state index in [2.05, 4.69) is 48.3 Å². The predicted molar refractivity (Wildman–Crippen MR) is 224 cm³/mol. The molecule has 5 N–H and O–H groups in total. The van der Waals surface area contributed by atoms with Gasteiger partial charge < -0.3 is 30.7 Å². The van der Waals surface area contributed by atoms with Gasteiger partial charge in [-0.25, -0.2) is 9.97 Å². The SMILES string of the molecule is O=C(COc1cccc2c1C(=O)N(C1CCC(=O)NC1=O)C2=O)NCCCCCCC(=O)N1CCC(Nc2cc(C(=O)NC[C@H](O)CN3CCc4ccccc4C3)ncn2)CC1. The van der Waals surface area contributed by atoms with Crippen LogP contribution in [0.1, 0.15) is 100 Å². The number of unbranched alkanes of at least 4 members (excludes halogenated alkanes) is 3. The third-order valence-electron chi connectivity index (χ3n) is 11.7. The Kier molecular flexibility index (Phi) is 14.5. The van der Waals surface area contributed by atoms with Gasteiger partial charge in [-0.2, -0.15) is 0 Å². The van der Waals surface area contributed by atoms with Gasteiger partial charge in [0.15, 0.2) is 6.61 Å². The maximum absolute atomic E-state index is 13.2. The van der Waals surface area contributed by atoms with E-state index < -0.39 is 41.7 Å². The Balaban J connectivity index is 0.734. The summed E-state index contributed by atoms with van der Waals surface area (Å²) < 4.78 is 5.64. The van der Waals surface area contributed by atoms with Crippen LogP contribution in [0, 0.1) is 0 Å². The number of benzene rings is 2. The topological polar surface area (TPSA) is 233 Å². The summed E-state index contributed by atoms with van der Waals surface area (Å²) in [4.78, 5) is 102. The van der Waals surface area contributed by atoms with Crippen molar-refractivity contribution in [2.24, 2.45) is 0 Å². The standard InChI is InChI=1S/C44H53N9O9/c54-31(25-51-19-15-28-8-4-5-9-29(28)24-51)23-46-41(58)33-22-36(48-27-47-33)49-30-16-20-52(21-17-30)39(57)12-3-1-2-6-18-45-38(56)26-62-35-11-7-10-32-40(35)44(61)53(43(32)60)34-13-14-37(55)50-42(34)59/h4-5,7-11,22,27,30-31,34,54H,1-3,6,12-21,23-26H2,(H,45,56)(H,46,58)(H,47,48,49)(H,50,55,59)/t31-,34?/m0/s1. The number of piperidine rings is 2. The molecule has 18 nitrogen and oxygen atoms in total. The average Bonchev–Trinajstić information content (AvgIpc) is 3.53. The first-order valence-corrected chi connectivity index (χ1v) is 21.4. The predicted octanol–water partition coefficient (Wildman–Crippen LogP) is 1.58. The molecule has 1 unspecified atom stereocenters. The molecule has 1 aromatic heterocycles. The number of hydrogen-bond acceptors (Lipinski definition) is 13. The lowest BCUT2D eigenvalue weighted by Crippen LogP contribution is -2.54. The van der Waals surface area contributed by atoms with Crippen LogP contribution in [0.25, 0.3) is 0 Å². The zero-order valence-electron chi connectivity index (χ0n) is 34.6. The van der Waals surface area contributed by atoms with Crippen molar-refractivity contribution in [2.75, 3.05) is 51.2 Å². The monoisotopic (exact) mass is 851 g/mol. The van der Waals surface area contributed by atoms with Crippen molar-refractivity contribution < 1.29 is 43.4 Å². The molecule has 328 valence electrons. The fraction of sp³-hybridized carbons (Fsp3) is 0.477. The number of aliphatic hydroxyl groups is 1. The molecule has 0 radical (unpaired) electrons. The summed E-state index contributed by atoms with van der Waals surface area (Å²) in [6, 6.07) is 13.4. The van der Waals surface area contributed by atoms with Gasteiger partial charge >= 0.3 is 0 Å². The first kappa shape index (κ1) is 43.8. The fourth-order valence-corrected chi connectivity index (χ4v) is 8.36. The number of nitrogens with zero attached hydrogens (tertiary/aromatic N) is 5. The van der Waals surface area contributed by atoms with Gasteiger partial charge in [0.2, 0.25) is 17.7 Å². The molecule has 2 aromatic carbocycles. The van der Waals surface area contributed by atoms with Gasteiger partial charge in [0.25, 0.3) is 23.6 Å². The Labute approximate surface area is 359 Å². The number of rotatable bonds is 18. The minimum Gasteiger partial charge on any atom is -0.483 e. The summed E-state index contributed by atoms with van der Waals surface area (Å²) in [7, 11) is 0. The van der Waals surface area contributed by atoms with E-state index in [-0.39, 0.29) is 66.4 Å². The largest absolute Gasteiger partial charge is 0.483 e. The molecular weight excluding hydrogens is 799 g/mol.